The van der Waals surface area contributed by atoms with E-state index in [2.05, 4.69) is 23.5 Å². The lowest BCUT2D eigenvalue weighted by atomic mass is 10.0. The van der Waals surface area contributed by atoms with Crippen LogP contribution in [-0.4, -0.2) is 42.5 Å². The predicted octanol–water partition coefficient (Wildman–Crippen LogP) is 7.64. The molecule has 2 amide bonds. The topological polar surface area (TPSA) is 93.9 Å². The number of nitrogen functional groups attached to an aromatic ring is 1. The third-order valence-electron chi connectivity index (χ3n) is 8.62. The van der Waals surface area contributed by atoms with Crippen LogP contribution in [0.5, 0.6) is 5.75 Å². The highest BCUT2D eigenvalue weighted by Gasteiger charge is 2.25. The van der Waals surface area contributed by atoms with Gasteiger partial charge >= 0.3 is 0 Å². The Morgan fingerprint density at radius 1 is 0.854 bits per heavy atom. The fraction of sp³-hybridized carbons (Fsp3) is 0.220. The number of piperidine rings is 1. The molecule has 1 fully saturated rings. The Labute approximate surface area is 282 Å². The van der Waals surface area contributed by atoms with Gasteiger partial charge in [0.25, 0.3) is 11.8 Å². The number of carbonyl (C=O) groups excluding carboxylic acids is 2. The van der Waals surface area contributed by atoms with E-state index in [0.29, 0.717) is 37.5 Å². The Bertz CT molecular complexity index is 1820. The third kappa shape index (κ3) is 8.62. The minimum atomic E-state index is -0.129. The van der Waals surface area contributed by atoms with Crippen LogP contribution < -0.4 is 15.8 Å². The first-order valence-corrected chi connectivity index (χ1v) is 16.4. The second kappa shape index (κ2) is 15.4. The number of rotatable bonds is 10. The van der Waals surface area contributed by atoms with Crippen molar-refractivity contribution in [1.82, 2.24) is 10.2 Å². The molecule has 6 rings (SSSR count). The number of amides is 2. The van der Waals surface area contributed by atoms with Gasteiger partial charge in [-0.25, -0.2) is 0 Å². The van der Waals surface area contributed by atoms with Gasteiger partial charge in [0.2, 0.25) is 0 Å². The zero-order valence-electron chi connectivity index (χ0n) is 27.2. The van der Waals surface area contributed by atoms with E-state index in [1.807, 2.05) is 115 Å². The Morgan fingerprint density at radius 2 is 1.54 bits per heavy atom. The molecule has 4 aromatic rings. The number of nitrogens with zero attached hydrogens (tertiary/aromatic N) is 1. The van der Waals surface area contributed by atoms with E-state index in [1.54, 1.807) is 0 Å². The van der Waals surface area contributed by atoms with Gasteiger partial charge in [0, 0.05) is 55.7 Å². The maximum absolute atomic E-state index is 12.9. The molecule has 0 radical (unpaired) electrons. The van der Waals surface area contributed by atoms with Crippen molar-refractivity contribution in [1.29, 1.82) is 0 Å². The molecule has 1 heterocycles. The first-order chi connectivity index (χ1) is 23.4. The van der Waals surface area contributed by atoms with E-state index in [4.69, 9.17) is 15.2 Å². The first kappa shape index (κ1) is 32.4. The van der Waals surface area contributed by atoms with Crippen LogP contribution in [0.25, 0.3) is 11.1 Å². The van der Waals surface area contributed by atoms with Crippen LogP contribution in [0.1, 0.15) is 51.1 Å². The average Bonchev–Trinajstić information content (AvgIpc) is 3.35. The number of hydrogen-bond donors (Lipinski definition) is 2. The molecule has 2 aliphatic rings. The highest BCUT2D eigenvalue weighted by Crippen LogP contribution is 2.25. The van der Waals surface area contributed by atoms with Gasteiger partial charge in [0.05, 0.1) is 0 Å². The van der Waals surface area contributed by atoms with E-state index >= 15 is 0 Å². The van der Waals surface area contributed by atoms with Crippen molar-refractivity contribution in [3.05, 3.63) is 155 Å². The Kier molecular flexibility index (Phi) is 10.4. The van der Waals surface area contributed by atoms with Crippen LogP contribution in [-0.2, 0) is 11.3 Å². The van der Waals surface area contributed by atoms with Crippen molar-refractivity contribution in [3.63, 3.8) is 0 Å². The summed E-state index contributed by atoms with van der Waals surface area (Å²) >= 11 is 0. The van der Waals surface area contributed by atoms with Crippen molar-refractivity contribution < 1.29 is 19.1 Å². The maximum Gasteiger partial charge on any atom is 0.253 e. The summed E-state index contributed by atoms with van der Waals surface area (Å²) in [6, 6.07) is 30.8. The standard InChI is InChI=1S/C41H41N3O4/c1-29-8-11-35(12-9-29)41(46)44-24-22-39(23-25-44)48-38-7-3-4-30(10-19-38)28-47-37-20-17-33(18-21-37)32-13-15-34(16-14-32)40(45)43-27-31-5-2-6-36(42)26-31/h2-6,8-21,26,39H,7,22-25,27-28,42H2,1H3,(H,43,45). The van der Waals surface area contributed by atoms with Gasteiger partial charge in [-0.2, -0.15) is 0 Å². The van der Waals surface area contributed by atoms with Crippen molar-refractivity contribution in [2.75, 3.05) is 25.4 Å². The summed E-state index contributed by atoms with van der Waals surface area (Å²) in [5, 5.41) is 2.94. The molecule has 244 valence electrons. The van der Waals surface area contributed by atoms with Gasteiger partial charge in [-0.15, -0.1) is 0 Å². The number of allylic oxidation sites excluding steroid dienone is 3. The number of anilines is 1. The summed E-state index contributed by atoms with van der Waals surface area (Å²) in [7, 11) is 0. The normalized spacial score (nSPS) is 14.8. The van der Waals surface area contributed by atoms with Crippen LogP contribution in [0.2, 0.25) is 0 Å². The molecule has 7 nitrogen and oxygen atoms in total. The van der Waals surface area contributed by atoms with Crippen LogP contribution >= 0.6 is 0 Å². The molecule has 0 bridgehead atoms. The molecule has 4 aromatic carbocycles. The van der Waals surface area contributed by atoms with Gasteiger partial charge < -0.3 is 25.4 Å². The van der Waals surface area contributed by atoms with Crippen molar-refractivity contribution >= 4 is 17.5 Å². The zero-order chi connectivity index (χ0) is 33.3. The molecule has 0 spiro atoms. The number of hydrogen-bond acceptors (Lipinski definition) is 5. The van der Waals surface area contributed by atoms with Crippen LogP contribution in [0, 0.1) is 6.92 Å². The second-order valence-corrected chi connectivity index (χ2v) is 12.3. The largest absolute Gasteiger partial charge is 0.494 e. The lowest BCUT2D eigenvalue weighted by molar-refractivity contribution is 0.0398. The highest BCUT2D eigenvalue weighted by atomic mass is 16.5. The Morgan fingerprint density at radius 3 is 2.25 bits per heavy atom. The van der Waals surface area contributed by atoms with Crippen LogP contribution in [0.15, 0.2) is 133 Å². The van der Waals surface area contributed by atoms with Crippen molar-refractivity contribution in [2.24, 2.45) is 0 Å². The van der Waals surface area contributed by atoms with E-state index in [9.17, 15) is 9.59 Å². The van der Waals surface area contributed by atoms with Gasteiger partial charge in [0.1, 0.15) is 24.2 Å². The van der Waals surface area contributed by atoms with E-state index in [0.717, 1.165) is 64.2 Å². The molecule has 3 N–H and O–H groups in total. The average molecular weight is 640 g/mol. The molecular formula is C41H41N3O4. The Hall–Kier alpha value is -5.56. The summed E-state index contributed by atoms with van der Waals surface area (Å²) in [4.78, 5) is 27.4. The molecule has 1 aliphatic heterocycles. The first-order valence-electron chi connectivity index (χ1n) is 16.4. The fourth-order valence-electron chi connectivity index (χ4n) is 5.81. The summed E-state index contributed by atoms with van der Waals surface area (Å²) in [6.07, 6.45) is 10.7. The van der Waals surface area contributed by atoms with Gasteiger partial charge in [-0.1, -0.05) is 72.3 Å². The minimum Gasteiger partial charge on any atom is -0.494 e. The van der Waals surface area contributed by atoms with Gasteiger partial charge in [-0.3, -0.25) is 9.59 Å². The van der Waals surface area contributed by atoms with Crippen molar-refractivity contribution in [3.8, 4) is 16.9 Å². The molecule has 48 heavy (non-hydrogen) atoms. The van der Waals surface area contributed by atoms with Gasteiger partial charge in [0.15, 0.2) is 0 Å². The Balaban J connectivity index is 0.953. The second-order valence-electron chi connectivity index (χ2n) is 12.3. The summed E-state index contributed by atoms with van der Waals surface area (Å²) in [5.41, 5.74) is 13.1. The molecular weight excluding hydrogens is 598 g/mol. The number of likely N-dealkylation sites (tertiary alicyclic amines) is 1. The van der Waals surface area contributed by atoms with E-state index in [-0.39, 0.29) is 17.9 Å². The smallest absolute Gasteiger partial charge is 0.253 e. The lowest BCUT2D eigenvalue weighted by Gasteiger charge is -2.32. The number of benzene rings is 4. The number of nitrogens with one attached hydrogen (secondary N) is 1. The molecule has 0 atom stereocenters. The fourth-order valence-corrected chi connectivity index (χ4v) is 5.81. The summed E-state index contributed by atoms with van der Waals surface area (Å²) in [6.45, 7) is 4.28. The molecule has 0 saturated carbocycles. The molecule has 7 heteroatoms. The van der Waals surface area contributed by atoms with Crippen LogP contribution in [0.4, 0.5) is 5.69 Å². The monoisotopic (exact) mass is 639 g/mol. The zero-order valence-corrected chi connectivity index (χ0v) is 27.2. The SMILES string of the molecule is Cc1ccc(C(=O)N2CCC(OC3=CC=C(COc4ccc(-c5ccc(C(=O)NCc6cccc(N)c6)cc5)cc4)C=CC3)CC2)cc1. The summed E-state index contributed by atoms with van der Waals surface area (Å²) in [5.74, 6) is 1.67. The minimum absolute atomic E-state index is 0.0918. The van der Waals surface area contributed by atoms with Gasteiger partial charge in [-0.05, 0) is 83.8 Å². The number of aryl methyl sites for hydroxylation is 1. The molecule has 0 aromatic heterocycles. The van der Waals surface area contributed by atoms with E-state index in [1.165, 1.54) is 0 Å². The molecule has 1 aliphatic carbocycles. The number of ether oxygens (including phenoxy) is 2. The van der Waals surface area contributed by atoms with Crippen molar-refractivity contribution in [2.45, 2.75) is 38.8 Å². The maximum atomic E-state index is 12.9. The number of nitrogens with two attached hydrogens (primary N) is 1. The van der Waals surface area contributed by atoms with E-state index < -0.39 is 0 Å². The predicted molar refractivity (Wildman–Crippen MR) is 191 cm³/mol. The van der Waals surface area contributed by atoms with Crippen LogP contribution in [0.3, 0.4) is 0 Å². The highest BCUT2D eigenvalue weighted by molar-refractivity contribution is 5.95. The third-order valence-corrected chi connectivity index (χ3v) is 8.62. The summed E-state index contributed by atoms with van der Waals surface area (Å²) < 4.78 is 12.4. The molecule has 0 unspecified atom stereocenters. The lowest BCUT2D eigenvalue weighted by Crippen LogP contribution is -2.40. The number of carbonyl (C=O) groups is 2. The quantitative estimate of drug-likeness (QED) is 0.174. The molecule has 1 saturated heterocycles.